The fraction of sp³-hybridized carbons (Fsp3) is 0.625. The third kappa shape index (κ3) is 3.54. The molecule has 0 unspecified atom stereocenters. The van der Waals surface area contributed by atoms with Gasteiger partial charge in [0, 0.05) is 36.2 Å². The van der Waals surface area contributed by atoms with Gasteiger partial charge in [0.15, 0.2) is 0 Å². The molecule has 0 saturated carbocycles. The Bertz CT molecular complexity index is 459. The highest BCUT2D eigenvalue weighted by Gasteiger charge is 2.31. The van der Waals surface area contributed by atoms with Gasteiger partial charge in [0.05, 0.1) is 5.69 Å². The zero-order valence-electron chi connectivity index (χ0n) is 13.0. The van der Waals surface area contributed by atoms with Crippen molar-refractivity contribution in [3.8, 4) is 0 Å². The number of likely N-dealkylation sites (N-methyl/N-ethyl adjacent to an activating group) is 1. The highest BCUT2D eigenvalue weighted by Crippen LogP contribution is 2.31. The van der Waals surface area contributed by atoms with Crippen LogP contribution in [0.5, 0.6) is 0 Å². The van der Waals surface area contributed by atoms with Crippen LogP contribution in [0.4, 0.5) is 5.69 Å². The maximum atomic E-state index is 3.74. The van der Waals surface area contributed by atoms with Crippen molar-refractivity contribution >= 4 is 21.6 Å². The van der Waals surface area contributed by atoms with Crippen molar-refractivity contribution in [2.24, 2.45) is 0 Å². The Morgan fingerprint density at radius 3 is 2.65 bits per heavy atom. The minimum atomic E-state index is 0.222. The summed E-state index contributed by atoms with van der Waals surface area (Å²) in [7, 11) is 2.21. The smallest absolute Gasteiger partial charge is 0.0511 e. The molecule has 112 valence electrons. The number of hydrogen-bond acceptors (Lipinski definition) is 3. The Morgan fingerprint density at radius 2 is 2.05 bits per heavy atom. The number of rotatable bonds is 4. The molecule has 0 aliphatic carbocycles. The number of anilines is 1. The summed E-state index contributed by atoms with van der Waals surface area (Å²) in [6, 6.07) is 6.72. The molecule has 1 aliphatic rings. The number of nitrogens with one attached hydrogen (secondary N) is 1. The molecule has 1 saturated heterocycles. The number of benzene rings is 1. The van der Waals surface area contributed by atoms with E-state index in [9.17, 15) is 0 Å². The Kier molecular flexibility index (Phi) is 5.10. The van der Waals surface area contributed by atoms with Gasteiger partial charge >= 0.3 is 0 Å². The van der Waals surface area contributed by atoms with Crippen LogP contribution < -0.4 is 10.2 Å². The molecule has 4 heteroatoms. The van der Waals surface area contributed by atoms with Gasteiger partial charge in [0.1, 0.15) is 0 Å². The minimum absolute atomic E-state index is 0.222. The zero-order valence-corrected chi connectivity index (χ0v) is 14.6. The van der Waals surface area contributed by atoms with E-state index < -0.39 is 0 Å². The van der Waals surface area contributed by atoms with Crippen molar-refractivity contribution < 1.29 is 0 Å². The topological polar surface area (TPSA) is 18.5 Å². The number of hydrogen-bond donors (Lipinski definition) is 1. The average Bonchev–Trinajstić information content (AvgIpc) is 2.40. The van der Waals surface area contributed by atoms with E-state index >= 15 is 0 Å². The highest BCUT2D eigenvalue weighted by atomic mass is 79.9. The van der Waals surface area contributed by atoms with Crippen molar-refractivity contribution in [2.75, 3.05) is 38.1 Å². The summed E-state index contributed by atoms with van der Waals surface area (Å²) >= 11 is 3.74. The van der Waals surface area contributed by atoms with Crippen molar-refractivity contribution in [3.05, 3.63) is 28.2 Å². The average molecular weight is 340 g/mol. The molecule has 1 fully saturated rings. The van der Waals surface area contributed by atoms with Gasteiger partial charge in [0.25, 0.3) is 0 Å². The largest absolute Gasteiger partial charge is 0.368 e. The first-order valence-electron chi connectivity index (χ1n) is 7.39. The van der Waals surface area contributed by atoms with Gasteiger partial charge in [-0.2, -0.15) is 0 Å². The van der Waals surface area contributed by atoms with Crippen LogP contribution >= 0.6 is 15.9 Å². The van der Waals surface area contributed by atoms with Gasteiger partial charge in [-0.25, -0.2) is 0 Å². The van der Waals surface area contributed by atoms with E-state index in [0.717, 1.165) is 32.7 Å². The van der Waals surface area contributed by atoms with Crippen LogP contribution in [0.2, 0.25) is 0 Å². The van der Waals surface area contributed by atoms with Crippen LogP contribution in [-0.2, 0) is 6.54 Å². The lowest BCUT2D eigenvalue weighted by atomic mass is 9.99. The second-order valence-electron chi connectivity index (χ2n) is 6.22. The molecule has 1 heterocycles. The molecule has 0 spiro atoms. The first-order valence-corrected chi connectivity index (χ1v) is 8.18. The molecule has 1 aromatic rings. The Hall–Kier alpha value is -0.580. The number of piperazine rings is 1. The van der Waals surface area contributed by atoms with E-state index in [0.29, 0.717) is 0 Å². The summed E-state index contributed by atoms with van der Waals surface area (Å²) in [5, 5.41) is 3.37. The summed E-state index contributed by atoms with van der Waals surface area (Å²) < 4.78 is 1.20. The number of halogens is 1. The fourth-order valence-corrected chi connectivity index (χ4v) is 3.31. The van der Waals surface area contributed by atoms with Gasteiger partial charge in [-0.3, -0.25) is 4.90 Å². The summed E-state index contributed by atoms with van der Waals surface area (Å²) in [5.74, 6) is 0. The second kappa shape index (κ2) is 6.46. The Morgan fingerprint density at radius 1 is 1.30 bits per heavy atom. The second-order valence-corrected chi connectivity index (χ2v) is 7.08. The van der Waals surface area contributed by atoms with E-state index in [4.69, 9.17) is 0 Å². The van der Waals surface area contributed by atoms with E-state index in [1.165, 1.54) is 15.7 Å². The monoisotopic (exact) mass is 339 g/mol. The molecule has 20 heavy (non-hydrogen) atoms. The summed E-state index contributed by atoms with van der Waals surface area (Å²) in [6.45, 7) is 12.0. The van der Waals surface area contributed by atoms with Gasteiger partial charge in [-0.15, -0.1) is 0 Å². The first-order chi connectivity index (χ1) is 9.44. The van der Waals surface area contributed by atoms with Gasteiger partial charge in [0.2, 0.25) is 0 Å². The maximum absolute atomic E-state index is 3.74. The predicted molar refractivity (Wildman–Crippen MR) is 90.4 cm³/mol. The van der Waals surface area contributed by atoms with Crippen LogP contribution in [0, 0.1) is 0 Å². The summed E-state index contributed by atoms with van der Waals surface area (Å²) in [6.07, 6.45) is 0. The minimum Gasteiger partial charge on any atom is -0.368 e. The van der Waals surface area contributed by atoms with Crippen molar-refractivity contribution in [3.63, 3.8) is 0 Å². The molecule has 1 N–H and O–H groups in total. The Balaban J connectivity index is 2.13. The lowest BCUT2D eigenvalue weighted by molar-refractivity contribution is 0.139. The summed E-state index contributed by atoms with van der Waals surface area (Å²) in [4.78, 5) is 4.93. The first kappa shape index (κ1) is 15.8. The molecule has 0 amide bonds. The van der Waals surface area contributed by atoms with Crippen molar-refractivity contribution in [2.45, 2.75) is 32.9 Å². The Labute approximate surface area is 131 Å². The lowest BCUT2D eigenvalue weighted by Gasteiger charge is -2.46. The molecular formula is C16H26BrN3. The predicted octanol–water partition coefficient (Wildman–Crippen LogP) is 3.09. The van der Waals surface area contributed by atoms with E-state index in [1.54, 1.807) is 0 Å². The molecule has 0 atom stereocenters. The van der Waals surface area contributed by atoms with Crippen LogP contribution in [-0.4, -0.2) is 43.7 Å². The lowest BCUT2D eigenvalue weighted by Crippen LogP contribution is -2.57. The highest BCUT2D eigenvalue weighted by molar-refractivity contribution is 9.10. The molecule has 1 aliphatic heterocycles. The van der Waals surface area contributed by atoms with Crippen LogP contribution in [0.1, 0.15) is 26.3 Å². The molecule has 0 aromatic heterocycles. The molecule has 3 nitrogen and oxygen atoms in total. The molecule has 1 aromatic carbocycles. The van der Waals surface area contributed by atoms with Crippen molar-refractivity contribution in [1.82, 2.24) is 10.2 Å². The van der Waals surface area contributed by atoms with Gasteiger partial charge < -0.3 is 10.2 Å². The SMILES string of the molecule is CCNCc1ccc(N2CCN(C)C(C)(C)C2)c(Br)c1. The summed E-state index contributed by atoms with van der Waals surface area (Å²) in [5.41, 5.74) is 2.86. The van der Waals surface area contributed by atoms with Crippen LogP contribution in [0.3, 0.4) is 0 Å². The zero-order chi connectivity index (χ0) is 14.8. The van der Waals surface area contributed by atoms with Gasteiger partial charge in [-0.05, 0) is 61.1 Å². The van der Waals surface area contributed by atoms with Crippen LogP contribution in [0.15, 0.2) is 22.7 Å². The van der Waals surface area contributed by atoms with Crippen LogP contribution in [0.25, 0.3) is 0 Å². The van der Waals surface area contributed by atoms with E-state index in [1.807, 2.05) is 0 Å². The fourth-order valence-electron chi connectivity index (χ4n) is 2.63. The third-order valence-corrected chi connectivity index (χ3v) is 4.88. The molecular weight excluding hydrogens is 314 g/mol. The standard InChI is InChI=1S/C16H26BrN3/c1-5-18-11-13-6-7-15(14(17)10-13)20-9-8-19(4)16(2,3)12-20/h6-7,10,18H,5,8-9,11-12H2,1-4H3. The quantitative estimate of drug-likeness (QED) is 0.909. The maximum Gasteiger partial charge on any atom is 0.0511 e. The third-order valence-electron chi connectivity index (χ3n) is 4.25. The number of nitrogens with zero attached hydrogens (tertiary/aromatic N) is 2. The molecule has 0 bridgehead atoms. The van der Waals surface area contributed by atoms with Gasteiger partial charge in [-0.1, -0.05) is 13.0 Å². The molecule has 0 radical (unpaired) electrons. The molecule has 2 rings (SSSR count). The van der Waals surface area contributed by atoms with E-state index in [-0.39, 0.29) is 5.54 Å². The van der Waals surface area contributed by atoms with E-state index in [2.05, 4.69) is 77.1 Å². The normalized spacial score (nSPS) is 19.4. The van der Waals surface area contributed by atoms with Crippen molar-refractivity contribution in [1.29, 1.82) is 0 Å².